The Balaban J connectivity index is 2.21. The molecule has 0 bridgehead atoms. The van der Waals surface area contributed by atoms with Gasteiger partial charge < -0.3 is 14.8 Å². The van der Waals surface area contributed by atoms with E-state index in [0.29, 0.717) is 12.6 Å². The largest absolute Gasteiger partial charge is 0.772 e. The van der Waals surface area contributed by atoms with Crippen LogP contribution < -0.4 is 5.32 Å². The Labute approximate surface area is 82.0 Å². The van der Waals surface area contributed by atoms with Gasteiger partial charge in [-0.25, -0.2) is 0 Å². The normalized spacial score (nSPS) is 27.4. The number of nitrogens with zero attached hydrogens (tertiary/aromatic N) is 1. The van der Waals surface area contributed by atoms with Crippen LogP contribution in [-0.2, 0) is 11.1 Å². The molecular formula is C8H17N2O2S-. The van der Waals surface area contributed by atoms with E-state index in [1.807, 2.05) is 7.05 Å². The third-order valence-electron chi connectivity index (χ3n) is 2.49. The number of hydrogen-bond donors (Lipinski definition) is 1. The van der Waals surface area contributed by atoms with Gasteiger partial charge in [0.05, 0.1) is 0 Å². The van der Waals surface area contributed by atoms with E-state index < -0.39 is 11.1 Å². The minimum absolute atomic E-state index is 0.260. The Kier molecular flexibility index (Phi) is 4.87. The van der Waals surface area contributed by atoms with Gasteiger partial charge in [-0.3, -0.25) is 4.21 Å². The van der Waals surface area contributed by atoms with Gasteiger partial charge in [0.1, 0.15) is 0 Å². The molecule has 0 amide bonds. The summed E-state index contributed by atoms with van der Waals surface area (Å²) in [5.74, 6) is 0.260. The summed E-state index contributed by atoms with van der Waals surface area (Å²) in [5, 5.41) is 3.23. The second-order valence-corrected chi connectivity index (χ2v) is 4.45. The summed E-state index contributed by atoms with van der Waals surface area (Å²) in [7, 11) is 1.96. The molecule has 2 atom stereocenters. The lowest BCUT2D eigenvalue weighted by molar-refractivity contribution is 0.205. The maximum Gasteiger partial charge on any atom is 0.0229 e. The summed E-state index contributed by atoms with van der Waals surface area (Å²) >= 11 is -1.89. The molecular weight excluding hydrogens is 188 g/mol. The first-order valence-electron chi connectivity index (χ1n) is 4.68. The second-order valence-electron chi connectivity index (χ2n) is 3.44. The van der Waals surface area contributed by atoms with Gasteiger partial charge in [-0.2, -0.15) is 0 Å². The Morgan fingerprint density at radius 3 is 3.08 bits per heavy atom. The zero-order chi connectivity index (χ0) is 9.68. The molecule has 13 heavy (non-hydrogen) atoms. The van der Waals surface area contributed by atoms with E-state index in [1.165, 1.54) is 6.42 Å². The lowest BCUT2D eigenvalue weighted by atomic mass is 10.1. The molecule has 78 valence electrons. The highest BCUT2D eigenvalue weighted by Crippen LogP contribution is 2.08. The predicted molar refractivity (Wildman–Crippen MR) is 52.3 cm³/mol. The van der Waals surface area contributed by atoms with E-state index in [4.69, 9.17) is 0 Å². The van der Waals surface area contributed by atoms with E-state index in [-0.39, 0.29) is 5.75 Å². The van der Waals surface area contributed by atoms with Crippen molar-refractivity contribution in [2.45, 2.75) is 18.9 Å². The van der Waals surface area contributed by atoms with E-state index in [2.05, 4.69) is 10.2 Å². The number of hydrogen-bond acceptors (Lipinski definition) is 4. The van der Waals surface area contributed by atoms with Crippen molar-refractivity contribution in [2.24, 2.45) is 0 Å². The molecule has 2 unspecified atom stereocenters. The third-order valence-corrected chi connectivity index (χ3v) is 3.00. The van der Waals surface area contributed by atoms with Crippen molar-refractivity contribution in [3.63, 3.8) is 0 Å². The van der Waals surface area contributed by atoms with Crippen LogP contribution in [0.3, 0.4) is 0 Å². The molecule has 0 radical (unpaired) electrons. The summed E-state index contributed by atoms with van der Waals surface area (Å²) in [6.45, 7) is 2.69. The summed E-state index contributed by atoms with van der Waals surface area (Å²) in [6, 6.07) is 0.536. The molecule has 0 aromatic carbocycles. The lowest BCUT2D eigenvalue weighted by Crippen LogP contribution is -2.45. The van der Waals surface area contributed by atoms with Crippen LogP contribution in [0.5, 0.6) is 0 Å². The highest BCUT2D eigenvalue weighted by atomic mass is 32.2. The molecule has 5 heteroatoms. The summed E-state index contributed by atoms with van der Waals surface area (Å²) < 4.78 is 20.7. The highest BCUT2D eigenvalue weighted by Gasteiger charge is 2.17. The van der Waals surface area contributed by atoms with Gasteiger partial charge in [0.15, 0.2) is 0 Å². The minimum Gasteiger partial charge on any atom is -0.772 e. The average Bonchev–Trinajstić information content (AvgIpc) is 2.15. The first kappa shape index (κ1) is 11.1. The molecule has 1 fully saturated rings. The third kappa shape index (κ3) is 4.17. The zero-order valence-electron chi connectivity index (χ0n) is 7.99. The molecule has 0 spiro atoms. The van der Waals surface area contributed by atoms with Crippen LogP contribution >= 0.6 is 0 Å². The molecule has 0 aromatic heterocycles. The van der Waals surface area contributed by atoms with Crippen molar-refractivity contribution < 1.29 is 8.76 Å². The first-order chi connectivity index (χ1) is 6.22. The first-order valence-corrected chi connectivity index (χ1v) is 5.92. The Morgan fingerprint density at radius 2 is 2.46 bits per heavy atom. The van der Waals surface area contributed by atoms with Crippen LogP contribution in [0.2, 0.25) is 0 Å². The van der Waals surface area contributed by atoms with E-state index in [1.54, 1.807) is 0 Å². The predicted octanol–water partition coefficient (Wildman–Crippen LogP) is -0.451. The van der Waals surface area contributed by atoms with E-state index >= 15 is 0 Å². The van der Waals surface area contributed by atoms with Gasteiger partial charge in [0, 0.05) is 24.9 Å². The number of likely N-dealkylation sites (tertiary alicyclic amines) is 1. The van der Waals surface area contributed by atoms with Crippen LogP contribution in [0.25, 0.3) is 0 Å². The van der Waals surface area contributed by atoms with Crippen molar-refractivity contribution in [1.82, 2.24) is 10.2 Å². The van der Waals surface area contributed by atoms with Crippen molar-refractivity contribution >= 4 is 11.1 Å². The highest BCUT2D eigenvalue weighted by molar-refractivity contribution is 7.79. The van der Waals surface area contributed by atoms with Crippen LogP contribution in [0.4, 0.5) is 0 Å². The van der Waals surface area contributed by atoms with Crippen LogP contribution in [-0.4, -0.2) is 52.1 Å². The van der Waals surface area contributed by atoms with Gasteiger partial charge in [0.2, 0.25) is 0 Å². The quantitative estimate of drug-likeness (QED) is 0.632. The topological polar surface area (TPSA) is 55.4 Å². The van der Waals surface area contributed by atoms with E-state index in [0.717, 1.165) is 19.5 Å². The molecule has 1 saturated heterocycles. The van der Waals surface area contributed by atoms with Gasteiger partial charge in [-0.15, -0.1) is 0 Å². The van der Waals surface area contributed by atoms with Crippen molar-refractivity contribution in [1.29, 1.82) is 0 Å². The smallest absolute Gasteiger partial charge is 0.0229 e. The minimum atomic E-state index is -1.89. The van der Waals surface area contributed by atoms with Crippen molar-refractivity contribution in [3.8, 4) is 0 Å². The van der Waals surface area contributed by atoms with Gasteiger partial charge >= 0.3 is 0 Å². The maximum atomic E-state index is 10.4. The Bertz CT molecular complexity index is 178. The molecule has 0 aliphatic carbocycles. The Morgan fingerprint density at radius 1 is 1.69 bits per heavy atom. The average molecular weight is 205 g/mol. The SMILES string of the molecule is CNC1CCCN(CCS(=O)[O-])C1. The van der Waals surface area contributed by atoms with Gasteiger partial charge in [-0.05, 0) is 26.4 Å². The molecule has 0 aromatic rings. The maximum absolute atomic E-state index is 10.4. The fraction of sp³-hybridized carbons (Fsp3) is 1.00. The fourth-order valence-corrected chi connectivity index (χ4v) is 2.11. The number of piperidine rings is 1. The molecule has 1 N–H and O–H groups in total. The Hall–Kier alpha value is 0.0300. The number of likely N-dealkylation sites (N-methyl/N-ethyl adjacent to an activating group) is 1. The lowest BCUT2D eigenvalue weighted by Gasteiger charge is -2.32. The molecule has 0 saturated carbocycles. The van der Waals surface area contributed by atoms with Crippen molar-refractivity contribution in [2.75, 3.05) is 32.4 Å². The van der Waals surface area contributed by atoms with Crippen LogP contribution in [0.1, 0.15) is 12.8 Å². The number of rotatable bonds is 4. The molecule has 4 nitrogen and oxygen atoms in total. The van der Waals surface area contributed by atoms with Crippen LogP contribution in [0.15, 0.2) is 0 Å². The zero-order valence-corrected chi connectivity index (χ0v) is 8.81. The summed E-state index contributed by atoms with van der Waals surface area (Å²) in [4.78, 5) is 2.21. The van der Waals surface area contributed by atoms with E-state index in [9.17, 15) is 8.76 Å². The fourth-order valence-electron chi connectivity index (χ4n) is 1.70. The summed E-state index contributed by atoms with van der Waals surface area (Å²) in [6.07, 6.45) is 2.37. The number of nitrogens with one attached hydrogen (secondary N) is 1. The summed E-state index contributed by atoms with van der Waals surface area (Å²) in [5.41, 5.74) is 0. The van der Waals surface area contributed by atoms with Crippen LogP contribution in [0, 0.1) is 0 Å². The van der Waals surface area contributed by atoms with Gasteiger partial charge in [-0.1, -0.05) is 11.1 Å². The second kappa shape index (κ2) is 5.70. The molecule has 1 aliphatic rings. The monoisotopic (exact) mass is 205 g/mol. The van der Waals surface area contributed by atoms with Gasteiger partial charge in [0.25, 0.3) is 0 Å². The molecule has 1 aliphatic heterocycles. The standard InChI is InChI=1S/C8H18N2O2S/c1-9-8-3-2-4-10(7-8)5-6-13(11)12/h8-9H,2-7H2,1H3,(H,11,12)/p-1. The molecule has 1 rings (SSSR count). The molecule has 1 heterocycles. The van der Waals surface area contributed by atoms with Crippen molar-refractivity contribution in [3.05, 3.63) is 0 Å².